The summed E-state index contributed by atoms with van der Waals surface area (Å²) in [5.74, 6) is -0.0273. The van der Waals surface area contributed by atoms with Crippen molar-refractivity contribution in [2.75, 3.05) is 51.0 Å². The van der Waals surface area contributed by atoms with Gasteiger partial charge in [-0.1, -0.05) is 32.9 Å². The number of rotatable bonds is 8. The Bertz CT molecular complexity index is 915. The molecule has 2 aromatic rings. The molecule has 1 fully saturated rings. The Morgan fingerprint density at radius 2 is 1.79 bits per heavy atom. The number of amides is 2. The van der Waals surface area contributed by atoms with Gasteiger partial charge in [0.25, 0.3) is 0 Å². The molecule has 1 N–H and O–H groups in total. The molecule has 180 valence electrons. The molecule has 33 heavy (non-hydrogen) atoms. The Kier molecular flexibility index (Phi) is 8.01. The van der Waals surface area contributed by atoms with Crippen molar-refractivity contribution in [3.05, 3.63) is 59.9 Å². The molecule has 0 radical (unpaired) electrons. The minimum absolute atomic E-state index is 0.124. The van der Waals surface area contributed by atoms with Gasteiger partial charge in [-0.05, 0) is 80.2 Å². The van der Waals surface area contributed by atoms with Crippen LogP contribution in [-0.2, 0) is 5.41 Å². The molecule has 0 saturated carbocycles. The molecule has 0 bridgehead atoms. The molecule has 1 heterocycles. The van der Waals surface area contributed by atoms with Gasteiger partial charge in [-0.2, -0.15) is 0 Å². The van der Waals surface area contributed by atoms with Gasteiger partial charge in [0.1, 0.15) is 5.82 Å². The van der Waals surface area contributed by atoms with Crippen LogP contribution in [0.15, 0.2) is 48.5 Å². The number of hydrogen-bond donors (Lipinski definition) is 1. The fourth-order valence-electron chi connectivity index (χ4n) is 4.74. The third-order valence-electron chi connectivity index (χ3n) is 7.60. The van der Waals surface area contributed by atoms with Gasteiger partial charge in [0, 0.05) is 44.1 Å². The third kappa shape index (κ3) is 5.85. The van der Waals surface area contributed by atoms with Crippen LogP contribution in [0.1, 0.15) is 39.2 Å². The van der Waals surface area contributed by atoms with Crippen molar-refractivity contribution in [1.82, 2.24) is 9.80 Å². The van der Waals surface area contributed by atoms with Gasteiger partial charge < -0.3 is 20.0 Å². The molecule has 3 rings (SSSR count). The number of nitrogens with zero attached hydrogens (tertiary/aromatic N) is 3. The number of nitrogens with one attached hydrogen (secondary N) is 1. The maximum Gasteiger partial charge on any atom is 0.321 e. The second-order valence-electron chi connectivity index (χ2n) is 9.89. The summed E-state index contributed by atoms with van der Waals surface area (Å²) in [6.07, 6.45) is 2.07. The molecule has 1 saturated heterocycles. The molecule has 2 aromatic carbocycles. The highest BCUT2D eigenvalue weighted by Crippen LogP contribution is 2.36. The zero-order chi connectivity index (χ0) is 24.2. The lowest BCUT2D eigenvalue weighted by molar-refractivity contribution is 0.195. The average Bonchev–Trinajstić information content (AvgIpc) is 3.30. The fourth-order valence-corrected chi connectivity index (χ4v) is 4.74. The molecule has 0 aliphatic carbocycles. The zero-order valence-electron chi connectivity index (χ0n) is 20.9. The Hall–Kier alpha value is -2.60. The maximum absolute atomic E-state index is 13.4. The lowest BCUT2D eigenvalue weighted by Crippen LogP contribution is -2.41. The van der Waals surface area contributed by atoms with Gasteiger partial charge in [-0.15, -0.1) is 0 Å². The number of halogens is 1. The molecule has 1 aliphatic rings. The molecule has 6 heteroatoms. The highest BCUT2D eigenvalue weighted by molar-refractivity contribution is 5.89. The van der Waals surface area contributed by atoms with E-state index in [-0.39, 0.29) is 23.2 Å². The van der Waals surface area contributed by atoms with Crippen molar-refractivity contribution < 1.29 is 9.18 Å². The number of carbonyl (C=O) groups excluding carboxylic acids is 1. The normalized spacial score (nSPS) is 18.8. The van der Waals surface area contributed by atoms with E-state index in [1.54, 1.807) is 4.90 Å². The topological polar surface area (TPSA) is 38.8 Å². The van der Waals surface area contributed by atoms with Crippen molar-refractivity contribution in [3.8, 4) is 0 Å². The van der Waals surface area contributed by atoms with Crippen molar-refractivity contribution in [1.29, 1.82) is 0 Å². The van der Waals surface area contributed by atoms with Crippen LogP contribution in [0.4, 0.5) is 20.6 Å². The number of benzene rings is 2. The average molecular weight is 455 g/mol. The molecule has 3 unspecified atom stereocenters. The van der Waals surface area contributed by atoms with E-state index < -0.39 is 0 Å². The molecule has 0 aromatic heterocycles. The third-order valence-corrected chi connectivity index (χ3v) is 7.60. The van der Waals surface area contributed by atoms with Gasteiger partial charge in [-0.25, -0.2) is 9.18 Å². The van der Waals surface area contributed by atoms with Crippen LogP contribution >= 0.6 is 0 Å². The summed E-state index contributed by atoms with van der Waals surface area (Å²) in [6, 6.07) is 15.3. The monoisotopic (exact) mass is 454 g/mol. The summed E-state index contributed by atoms with van der Waals surface area (Å²) < 4.78 is 13.4. The summed E-state index contributed by atoms with van der Waals surface area (Å²) >= 11 is 0. The van der Waals surface area contributed by atoms with Crippen LogP contribution < -0.4 is 10.2 Å². The van der Waals surface area contributed by atoms with E-state index in [2.05, 4.69) is 62.1 Å². The van der Waals surface area contributed by atoms with Gasteiger partial charge in [0.05, 0.1) is 0 Å². The SMILES string of the molecule is CCC(C)(c1ccc(F)cc1)C(C)CN(C)C(=O)Nc1ccc(N2CCC(N(C)C)C2)cc1. The van der Waals surface area contributed by atoms with Crippen LogP contribution in [0.3, 0.4) is 0 Å². The predicted octanol–water partition coefficient (Wildman–Crippen LogP) is 5.43. The summed E-state index contributed by atoms with van der Waals surface area (Å²) in [5, 5.41) is 3.02. The first-order valence-corrected chi connectivity index (χ1v) is 11.9. The van der Waals surface area contributed by atoms with E-state index in [4.69, 9.17) is 0 Å². The van der Waals surface area contributed by atoms with Crippen LogP contribution in [0.2, 0.25) is 0 Å². The van der Waals surface area contributed by atoms with Crippen molar-refractivity contribution in [3.63, 3.8) is 0 Å². The first kappa shape index (κ1) is 25.0. The van der Waals surface area contributed by atoms with E-state index in [0.717, 1.165) is 30.8 Å². The minimum atomic E-state index is -0.227. The van der Waals surface area contributed by atoms with Crippen LogP contribution in [0.5, 0.6) is 0 Å². The minimum Gasteiger partial charge on any atom is -0.370 e. The van der Waals surface area contributed by atoms with E-state index in [1.165, 1.54) is 24.2 Å². The summed E-state index contributed by atoms with van der Waals surface area (Å²) in [7, 11) is 6.09. The Labute approximate surface area is 198 Å². The lowest BCUT2D eigenvalue weighted by Gasteiger charge is -2.37. The standard InChI is InChI=1S/C27H39FN4O/c1-7-27(3,21-8-10-22(28)11-9-21)20(2)18-31(6)26(33)29-23-12-14-24(15-13-23)32-17-16-25(19-32)30(4)5/h8-15,20,25H,7,16-19H2,1-6H3,(H,29,33). The number of urea groups is 1. The highest BCUT2D eigenvalue weighted by atomic mass is 19.1. The van der Waals surface area contributed by atoms with Gasteiger partial charge in [0.2, 0.25) is 0 Å². The van der Waals surface area contributed by atoms with Gasteiger partial charge in [-0.3, -0.25) is 0 Å². The molecular formula is C27H39FN4O. The fraction of sp³-hybridized carbons (Fsp3) is 0.519. The maximum atomic E-state index is 13.4. The Balaban J connectivity index is 1.58. The first-order chi connectivity index (χ1) is 15.6. The van der Waals surface area contributed by atoms with Crippen LogP contribution in [0, 0.1) is 11.7 Å². The second-order valence-corrected chi connectivity index (χ2v) is 9.89. The van der Waals surface area contributed by atoms with E-state index in [1.807, 2.05) is 31.3 Å². The number of likely N-dealkylation sites (N-methyl/N-ethyl adjacent to an activating group) is 1. The van der Waals surface area contributed by atoms with Crippen molar-refractivity contribution in [2.45, 2.75) is 45.1 Å². The summed E-state index contributed by atoms with van der Waals surface area (Å²) in [6.45, 7) is 9.17. The molecule has 5 nitrogen and oxygen atoms in total. The highest BCUT2D eigenvalue weighted by Gasteiger charge is 2.33. The molecular weight excluding hydrogens is 415 g/mol. The van der Waals surface area contributed by atoms with E-state index in [9.17, 15) is 9.18 Å². The summed E-state index contributed by atoms with van der Waals surface area (Å²) in [4.78, 5) is 19.3. The quantitative estimate of drug-likeness (QED) is 0.578. The van der Waals surface area contributed by atoms with Gasteiger partial charge >= 0.3 is 6.03 Å². The van der Waals surface area contributed by atoms with Crippen molar-refractivity contribution >= 4 is 17.4 Å². The number of carbonyl (C=O) groups is 1. The molecule has 1 aliphatic heterocycles. The molecule has 3 atom stereocenters. The smallest absolute Gasteiger partial charge is 0.321 e. The largest absolute Gasteiger partial charge is 0.370 e. The predicted molar refractivity (Wildman–Crippen MR) is 136 cm³/mol. The lowest BCUT2D eigenvalue weighted by atomic mass is 9.70. The molecule has 2 amide bonds. The first-order valence-electron chi connectivity index (χ1n) is 11.9. The second kappa shape index (κ2) is 10.6. The van der Waals surface area contributed by atoms with Crippen LogP contribution in [0.25, 0.3) is 0 Å². The molecule has 0 spiro atoms. The number of hydrogen-bond acceptors (Lipinski definition) is 3. The number of anilines is 2. The zero-order valence-corrected chi connectivity index (χ0v) is 20.9. The van der Waals surface area contributed by atoms with Crippen LogP contribution in [-0.4, -0.2) is 62.7 Å². The Morgan fingerprint density at radius 1 is 1.15 bits per heavy atom. The van der Waals surface area contributed by atoms with E-state index >= 15 is 0 Å². The van der Waals surface area contributed by atoms with E-state index in [0.29, 0.717) is 12.6 Å². The van der Waals surface area contributed by atoms with Gasteiger partial charge in [0.15, 0.2) is 0 Å². The Morgan fingerprint density at radius 3 is 2.33 bits per heavy atom. The summed E-state index contributed by atoms with van der Waals surface area (Å²) in [5.41, 5.74) is 2.94. The van der Waals surface area contributed by atoms with Crippen molar-refractivity contribution in [2.24, 2.45) is 5.92 Å².